The van der Waals surface area contributed by atoms with E-state index in [9.17, 15) is 0 Å². The highest BCUT2D eigenvalue weighted by Gasteiger charge is 2.09. The molecule has 0 bridgehead atoms. The molecule has 0 fully saturated rings. The van der Waals surface area contributed by atoms with Crippen molar-refractivity contribution in [3.8, 4) is 0 Å². The molecule has 0 aliphatic heterocycles. The summed E-state index contributed by atoms with van der Waals surface area (Å²) in [5.74, 6) is 1.71. The Balaban J connectivity index is 3.76. The van der Waals surface area contributed by atoms with E-state index in [1.807, 2.05) is 0 Å². The van der Waals surface area contributed by atoms with Gasteiger partial charge in [-0.25, -0.2) is 0 Å². The largest absolute Gasteiger partial charge is 0.0887 e. The highest BCUT2D eigenvalue weighted by molar-refractivity contribution is 4.96. The van der Waals surface area contributed by atoms with Gasteiger partial charge in [-0.2, -0.15) is 0 Å². The summed E-state index contributed by atoms with van der Waals surface area (Å²) >= 11 is 0. The average Bonchev–Trinajstić information content (AvgIpc) is 2.02. The van der Waals surface area contributed by atoms with E-state index in [0.29, 0.717) is 0 Å². The lowest BCUT2D eigenvalue weighted by atomic mass is 9.88. The van der Waals surface area contributed by atoms with Gasteiger partial charge < -0.3 is 0 Å². The van der Waals surface area contributed by atoms with E-state index in [-0.39, 0.29) is 0 Å². The van der Waals surface area contributed by atoms with Gasteiger partial charge in [-0.05, 0) is 32.1 Å². The molecule has 0 aromatic carbocycles. The molecule has 2 unspecified atom stereocenters. The van der Waals surface area contributed by atoms with Crippen LogP contribution >= 0.6 is 0 Å². The molecule has 11 heavy (non-hydrogen) atoms. The molecule has 0 rings (SSSR count). The summed E-state index contributed by atoms with van der Waals surface area (Å²) in [5, 5.41) is 0. The molecule has 0 aliphatic carbocycles. The van der Waals surface area contributed by atoms with Crippen molar-refractivity contribution in [3.63, 3.8) is 0 Å². The minimum atomic E-state index is 0.844. The summed E-state index contributed by atoms with van der Waals surface area (Å²) in [7, 11) is 0. The van der Waals surface area contributed by atoms with Crippen molar-refractivity contribution in [2.24, 2.45) is 11.8 Å². The van der Waals surface area contributed by atoms with E-state index in [1.54, 1.807) is 0 Å². The van der Waals surface area contributed by atoms with E-state index in [0.717, 1.165) is 11.8 Å². The predicted octanol–water partition coefficient (Wildman–Crippen LogP) is 4.02. The van der Waals surface area contributed by atoms with Gasteiger partial charge in [0.25, 0.3) is 0 Å². The lowest BCUT2D eigenvalue weighted by molar-refractivity contribution is 0.374. The van der Waals surface area contributed by atoms with Crippen LogP contribution in [0.25, 0.3) is 0 Å². The van der Waals surface area contributed by atoms with Crippen LogP contribution in [-0.2, 0) is 0 Å². The number of hydrogen-bond acceptors (Lipinski definition) is 0. The van der Waals surface area contributed by atoms with Crippen LogP contribution in [0, 0.1) is 11.8 Å². The summed E-state index contributed by atoms with van der Waals surface area (Å²) in [6.07, 6.45) is 4.79. The molecule has 0 heterocycles. The highest BCUT2D eigenvalue weighted by Crippen LogP contribution is 2.21. The molecule has 0 nitrogen and oxygen atoms in total. The molecule has 0 aromatic rings. The average molecular weight is 154 g/mol. The van der Waals surface area contributed by atoms with Crippen LogP contribution < -0.4 is 0 Å². The van der Waals surface area contributed by atoms with Gasteiger partial charge in [0.15, 0.2) is 0 Å². The highest BCUT2D eigenvalue weighted by atomic mass is 14.1. The van der Waals surface area contributed by atoms with E-state index in [1.165, 1.54) is 18.4 Å². The zero-order valence-corrected chi connectivity index (χ0v) is 8.65. The molecule has 0 amide bonds. The number of rotatable bonds is 4. The Morgan fingerprint density at radius 1 is 1.27 bits per heavy atom. The number of allylic oxidation sites excluding steroid dienone is 2. The zero-order valence-electron chi connectivity index (χ0n) is 8.65. The minimum absolute atomic E-state index is 0.844. The van der Waals surface area contributed by atoms with Crippen molar-refractivity contribution in [2.45, 2.75) is 47.5 Å². The van der Waals surface area contributed by atoms with Crippen molar-refractivity contribution < 1.29 is 0 Å². The Morgan fingerprint density at radius 3 is 2.18 bits per heavy atom. The van der Waals surface area contributed by atoms with Gasteiger partial charge in [-0.15, -0.1) is 0 Å². The molecule has 0 aliphatic rings. The van der Waals surface area contributed by atoms with Gasteiger partial charge in [0.2, 0.25) is 0 Å². The van der Waals surface area contributed by atoms with Crippen molar-refractivity contribution >= 4 is 0 Å². The van der Waals surface area contributed by atoms with Gasteiger partial charge in [0, 0.05) is 0 Å². The first kappa shape index (κ1) is 10.7. The Hall–Kier alpha value is -0.260. The summed E-state index contributed by atoms with van der Waals surface area (Å²) in [4.78, 5) is 0. The lowest BCUT2D eigenvalue weighted by Gasteiger charge is -2.18. The van der Waals surface area contributed by atoms with E-state index in [2.05, 4.69) is 40.7 Å². The lowest BCUT2D eigenvalue weighted by Crippen LogP contribution is -2.06. The van der Waals surface area contributed by atoms with E-state index in [4.69, 9.17) is 0 Å². The van der Waals surface area contributed by atoms with Crippen LogP contribution in [0.5, 0.6) is 0 Å². The molecule has 66 valence electrons. The summed E-state index contributed by atoms with van der Waals surface area (Å²) in [6, 6.07) is 0. The standard InChI is InChI=1S/C11H22/c1-6-9(3)8-11(5)10(4)7-2/h6,10-11H,7-8H2,1-5H3. The topological polar surface area (TPSA) is 0 Å². The van der Waals surface area contributed by atoms with Gasteiger partial charge >= 0.3 is 0 Å². The second kappa shape index (κ2) is 5.40. The molecule has 0 aromatic heterocycles. The van der Waals surface area contributed by atoms with Crippen LogP contribution in [0.15, 0.2) is 11.6 Å². The predicted molar refractivity (Wildman–Crippen MR) is 52.7 cm³/mol. The first-order valence-electron chi connectivity index (χ1n) is 4.73. The first-order chi connectivity index (χ1) is 5.11. The normalized spacial score (nSPS) is 18.1. The van der Waals surface area contributed by atoms with Crippen LogP contribution in [0.2, 0.25) is 0 Å². The maximum Gasteiger partial charge on any atom is -0.0295 e. The third-order valence-corrected chi connectivity index (χ3v) is 2.75. The zero-order chi connectivity index (χ0) is 8.85. The van der Waals surface area contributed by atoms with Crippen LogP contribution in [-0.4, -0.2) is 0 Å². The Kier molecular flexibility index (Phi) is 5.27. The van der Waals surface area contributed by atoms with Crippen LogP contribution in [0.1, 0.15) is 47.5 Å². The summed E-state index contributed by atoms with van der Waals surface area (Å²) in [5.41, 5.74) is 1.53. The van der Waals surface area contributed by atoms with Gasteiger partial charge in [-0.3, -0.25) is 0 Å². The molecule has 0 saturated carbocycles. The van der Waals surface area contributed by atoms with E-state index >= 15 is 0 Å². The SMILES string of the molecule is CC=C(C)CC(C)C(C)CC. The van der Waals surface area contributed by atoms with Crippen molar-refractivity contribution in [1.29, 1.82) is 0 Å². The van der Waals surface area contributed by atoms with Gasteiger partial charge in [-0.1, -0.05) is 38.8 Å². The molecule has 0 N–H and O–H groups in total. The Labute approximate surface area is 71.7 Å². The second-order valence-electron chi connectivity index (χ2n) is 3.70. The fourth-order valence-electron chi connectivity index (χ4n) is 1.23. The maximum atomic E-state index is 2.35. The van der Waals surface area contributed by atoms with Crippen LogP contribution in [0.3, 0.4) is 0 Å². The third-order valence-electron chi connectivity index (χ3n) is 2.75. The van der Waals surface area contributed by atoms with Crippen LogP contribution in [0.4, 0.5) is 0 Å². The molecular formula is C11H22. The molecule has 0 spiro atoms. The van der Waals surface area contributed by atoms with Crippen molar-refractivity contribution in [1.82, 2.24) is 0 Å². The van der Waals surface area contributed by atoms with Gasteiger partial charge in [0.1, 0.15) is 0 Å². The Morgan fingerprint density at radius 2 is 1.82 bits per heavy atom. The fourth-order valence-corrected chi connectivity index (χ4v) is 1.23. The third kappa shape index (κ3) is 4.23. The van der Waals surface area contributed by atoms with E-state index < -0.39 is 0 Å². The monoisotopic (exact) mass is 154 g/mol. The van der Waals surface area contributed by atoms with Crippen molar-refractivity contribution in [3.05, 3.63) is 11.6 Å². The van der Waals surface area contributed by atoms with Crippen molar-refractivity contribution in [2.75, 3.05) is 0 Å². The van der Waals surface area contributed by atoms with Gasteiger partial charge in [0.05, 0.1) is 0 Å². The molecule has 0 radical (unpaired) electrons. The molecule has 0 heteroatoms. The quantitative estimate of drug-likeness (QED) is 0.536. The summed E-state index contributed by atoms with van der Waals surface area (Å²) < 4.78 is 0. The second-order valence-corrected chi connectivity index (χ2v) is 3.70. The Bertz CT molecular complexity index is 122. The molecule has 0 saturated heterocycles. The molecular weight excluding hydrogens is 132 g/mol. The smallest absolute Gasteiger partial charge is 0.0295 e. The number of hydrogen-bond donors (Lipinski definition) is 0. The maximum absolute atomic E-state index is 2.35. The first-order valence-corrected chi connectivity index (χ1v) is 4.73. The summed E-state index contributed by atoms with van der Waals surface area (Å²) in [6.45, 7) is 11.3. The fraction of sp³-hybridized carbons (Fsp3) is 0.818. The molecule has 2 atom stereocenters. The minimum Gasteiger partial charge on any atom is -0.0887 e.